The molecule has 11 heavy (non-hydrogen) atoms. The number of aromatic nitrogens is 1. The largest absolute Gasteiger partial charge is 0.333 e. The van der Waals surface area contributed by atoms with Gasteiger partial charge in [0.05, 0.1) is 0 Å². The summed E-state index contributed by atoms with van der Waals surface area (Å²) < 4.78 is 2.01. The van der Waals surface area contributed by atoms with E-state index in [0.717, 1.165) is 12.5 Å². The van der Waals surface area contributed by atoms with Crippen molar-refractivity contribution in [1.29, 1.82) is 5.41 Å². The molecule has 1 fully saturated rings. The Balaban J connectivity index is 2.21. The zero-order valence-corrected chi connectivity index (χ0v) is 6.46. The Kier molecular flexibility index (Phi) is 1.53. The number of nitrogens with one attached hydrogen (secondary N) is 1. The van der Waals surface area contributed by atoms with Crippen molar-refractivity contribution in [3.8, 4) is 0 Å². The second-order valence-electron chi connectivity index (χ2n) is 3.18. The Morgan fingerprint density at radius 1 is 1.45 bits per heavy atom. The molecule has 0 amide bonds. The lowest BCUT2D eigenvalue weighted by atomic mass is 10.4. The molecular weight excluding hydrogens is 136 g/mol. The molecule has 0 atom stereocenters. The van der Waals surface area contributed by atoms with Crippen molar-refractivity contribution in [2.24, 2.45) is 5.92 Å². The van der Waals surface area contributed by atoms with Gasteiger partial charge in [0, 0.05) is 12.7 Å². The first-order valence-corrected chi connectivity index (χ1v) is 4.06. The highest BCUT2D eigenvalue weighted by Gasteiger charge is 2.21. The molecule has 1 heterocycles. The van der Waals surface area contributed by atoms with E-state index in [9.17, 15) is 0 Å². The predicted molar refractivity (Wildman–Crippen MR) is 43.0 cm³/mol. The van der Waals surface area contributed by atoms with Crippen LogP contribution in [0.25, 0.3) is 0 Å². The lowest BCUT2D eigenvalue weighted by Gasteiger charge is -2.03. The molecule has 0 radical (unpaired) electrons. The van der Waals surface area contributed by atoms with Gasteiger partial charge in [-0.1, -0.05) is 6.07 Å². The van der Waals surface area contributed by atoms with Gasteiger partial charge in [0.1, 0.15) is 5.49 Å². The van der Waals surface area contributed by atoms with Gasteiger partial charge < -0.3 is 4.57 Å². The molecule has 1 aromatic heterocycles. The summed E-state index contributed by atoms with van der Waals surface area (Å²) in [5.74, 6) is 0.853. The Hall–Kier alpha value is -1.05. The molecule has 1 aliphatic carbocycles. The molecule has 0 aromatic carbocycles. The Morgan fingerprint density at radius 2 is 2.27 bits per heavy atom. The van der Waals surface area contributed by atoms with Gasteiger partial charge in [-0.15, -0.1) is 0 Å². The first-order valence-electron chi connectivity index (χ1n) is 4.06. The van der Waals surface area contributed by atoms with Crippen LogP contribution in [0.15, 0.2) is 24.4 Å². The summed E-state index contributed by atoms with van der Waals surface area (Å²) in [6.07, 6.45) is 4.68. The van der Waals surface area contributed by atoms with Crippen LogP contribution in [0, 0.1) is 11.3 Å². The third-order valence-corrected chi connectivity index (χ3v) is 2.09. The molecule has 2 nitrogen and oxygen atoms in total. The van der Waals surface area contributed by atoms with Crippen LogP contribution in [0.5, 0.6) is 0 Å². The smallest absolute Gasteiger partial charge is 0.124 e. The molecule has 1 saturated carbocycles. The van der Waals surface area contributed by atoms with Gasteiger partial charge in [-0.25, -0.2) is 0 Å². The van der Waals surface area contributed by atoms with Gasteiger partial charge in [-0.05, 0) is 30.9 Å². The maximum absolute atomic E-state index is 7.55. The van der Waals surface area contributed by atoms with Crippen molar-refractivity contribution in [3.05, 3.63) is 29.9 Å². The molecule has 0 bridgehead atoms. The SMILES string of the molecule is N=c1ccccn1CC1CC1. The van der Waals surface area contributed by atoms with Gasteiger partial charge in [0.25, 0.3) is 0 Å². The van der Waals surface area contributed by atoms with Crippen LogP contribution in [0.2, 0.25) is 0 Å². The lowest BCUT2D eigenvalue weighted by Crippen LogP contribution is -2.18. The van der Waals surface area contributed by atoms with E-state index in [2.05, 4.69) is 0 Å². The standard InChI is InChI=1S/C9H12N2/c10-9-3-1-2-6-11(9)7-8-4-5-8/h1-3,6,8,10H,4-5,7H2. The predicted octanol–water partition coefficient (Wildman–Crippen LogP) is 1.38. The number of rotatable bonds is 2. The third-order valence-electron chi connectivity index (χ3n) is 2.09. The number of nitrogens with zero attached hydrogens (tertiary/aromatic N) is 1. The summed E-state index contributed by atoms with van der Waals surface area (Å²) >= 11 is 0. The maximum atomic E-state index is 7.55. The van der Waals surface area contributed by atoms with Crippen LogP contribution in [0.3, 0.4) is 0 Å². The van der Waals surface area contributed by atoms with E-state index < -0.39 is 0 Å². The Morgan fingerprint density at radius 3 is 2.91 bits per heavy atom. The normalized spacial score (nSPS) is 16.7. The van der Waals surface area contributed by atoms with Gasteiger partial charge in [0.15, 0.2) is 0 Å². The van der Waals surface area contributed by atoms with Crippen molar-refractivity contribution in [2.45, 2.75) is 19.4 Å². The van der Waals surface area contributed by atoms with Crippen LogP contribution >= 0.6 is 0 Å². The fourth-order valence-electron chi connectivity index (χ4n) is 1.21. The zero-order chi connectivity index (χ0) is 7.68. The minimum Gasteiger partial charge on any atom is -0.333 e. The van der Waals surface area contributed by atoms with Crippen LogP contribution in [-0.2, 0) is 6.54 Å². The van der Waals surface area contributed by atoms with E-state index in [1.807, 2.05) is 29.0 Å². The molecular formula is C9H12N2. The highest BCUT2D eigenvalue weighted by Crippen LogP contribution is 2.29. The fourth-order valence-corrected chi connectivity index (χ4v) is 1.21. The number of hydrogen-bond donors (Lipinski definition) is 1. The minimum atomic E-state index is 0.624. The van der Waals surface area contributed by atoms with Gasteiger partial charge in [0.2, 0.25) is 0 Å². The van der Waals surface area contributed by atoms with E-state index in [1.54, 1.807) is 0 Å². The first-order chi connectivity index (χ1) is 5.36. The fraction of sp³-hybridized carbons (Fsp3) is 0.444. The Bertz CT molecular complexity index is 296. The molecule has 0 unspecified atom stereocenters. The molecule has 0 spiro atoms. The van der Waals surface area contributed by atoms with Crippen molar-refractivity contribution in [1.82, 2.24) is 4.57 Å². The van der Waals surface area contributed by atoms with Crippen LogP contribution in [0.1, 0.15) is 12.8 Å². The van der Waals surface area contributed by atoms with Gasteiger partial charge in [-0.3, -0.25) is 5.41 Å². The van der Waals surface area contributed by atoms with E-state index in [0.29, 0.717) is 5.49 Å². The van der Waals surface area contributed by atoms with E-state index >= 15 is 0 Å². The zero-order valence-electron chi connectivity index (χ0n) is 6.46. The summed E-state index contributed by atoms with van der Waals surface area (Å²) in [4.78, 5) is 0. The Labute approximate surface area is 66.0 Å². The molecule has 0 saturated heterocycles. The monoisotopic (exact) mass is 148 g/mol. The topological polar surface area (TPSA) is 28.8 Å². The molecule has 58 valence electrons. The number of hydrogen-bond acceptors (Lipinski definition) is 1. The molecule has 1 N–H and O–H groups in total. The van der Waals surface area contributed by atoms with Crippen molar-refractivity contribution in [2.75, 3.05) is 0 Å². The quantitative estimate of drug-likeness (QED) is 0.656. The maximum Gasteiger partial charge on any atom is 0.124 e. The lowest BCUT2D eigenvalue weighted by molar-refractivity contribution is 0.594. The van der Waals surface area contributed by atoms with E-state index in [1.165, 1.54) is 12.8 Å². The highest BCUT2D eigenvalue weighted by atomic mass is 15.0. The highest BCUT2D eigenvalue weighted by molar-refractivity contribution is 4.92. The molecule has 2 rings (SSSR count). The van der Waals surface area contributed by atoms with Crippen molar-refractivity contribution in [3.63, 3.8) is 0 Å². The molecule has 2 heteroatoms. The summed E-state index contributed by atoms with van der Waals surface area (Å²) in [5, 5.41) is 7.55. The second-order valence-corrected chi connectivity index (χ2v) is 3.18. The van der Waals surface area contributed by atoms with Crippen molar-refractivity contribution >= 4 is 0 Å². The number of pyridine rings is 1. The average molecular weight is 148 g/mol. The molecule has 1 aliphatic rings. The average Bonchev–Trinajstić information content (AvgIpc) is 2.78. The summed E-state index contributed by atoms with van der Waals surface area (Å²) in [7, 11) is 0. The first kappa shape index (κ1) is 6.65. The second kappa shape index (κ2) is 2.53. The van der Waals surface area contributed by atoms with Crippen LogP contribution in [-0.4, -0.2) is 4.57 Å². The summed E-state index contributed by atoms with van der Waals surface area (Å²) in [6.45, 7) is 1.04. The third kappa shape index (κ3) is 1.50. The minimum absolute atomic E-state index is 0.624. The summed E-state index contributed by atoms with van der Waals surface area (Å²) in [6, 6.07) is 5.73. The molecule has 0 aliphatic heterocycles. The molecule has 1 aromatic rings. The van der Waals surface area contributed by atoms with Crippen LogP contribution < -0.4 is 5.49 Å². The van der Waals surface area contributed by atoms with Crippen molar-refractivity contribution < 1.29 is 0 Å². The summed E-state index contributed by atoms with van der Waals surface area (Å²) in [5.41, 5.74) is 0.624. The van der Waals surface area contributed by atoms with Gasteiger partial charge in [-0.2, -0.15) is 0 Å². The van der Waals surface area contributed by atoms with E-state index in [-0.39, 0.29) is 0 Å². The van der Waals surface area contributed by atoms with Gasteiger partial charge >= 0.3 is 0 Å². The van der Waals surface area contributed by atoms with Crippen LogP contribution in [0.4, 0.5) is 0 Å². The van der Waals surface area contributed by atoms with E-state index in [4.69, 9.17) is 5.41 Å².